The number of nitrogens with one attached hydrogen (secondary N) is 2. The number of fused-ring (bicyclic) bond motifs is 2. The van der Waals surface area contributed by atoms with Crippen LogP contribution in [0, 0.1) is 0 Å². The van der Waals surface area contributed by atoms with Crippen LogP contribution in [0.4, 0.5) is 0 Å². The summed E-state index contributed by atoms with van der Waals surface area (Å²) in [6.45, 7) is 3.10. The van der Waals surface area contributed by atoms with Crippen molar-refractivity contribution in [2.24, 2.45) is 0 Å². The number of ether oxygens (including phenoxy) is 1. The van der Waals surface area contributed by atoms with Crippen LogP contribution in [0.5, 0.6) is 5.75 Å². The van der Waals surface area contributed by atoms with Gasteiger partial charge in [-0.1, -0.05) is 61.9 Å². The molecule has 1 aliphatic rings. The molecule has 0 saturated carbocycles. The summed E-state index contributed by atoms with van der Waals surface area (Å²) in [6.07, 6.45) is 2.23. The van der Waals surface area contributed by atoms with E-state index in [1.54, 1.807) is 7.11 Å². The largest absolute Gasteiger partial charge is 0.497 e. The highest BCUT2D eigenvalue weighted by molar-refractivity contribution is 6.02. The van der Waals surface area contributed by atoms with Gasteiger partial charge < -0.3 is 19.9 Å². The summed E-state index contributed by atoms with van der Waals surface area (Å²) in [6, 6.07) is 23.6. The average molecular weight is 482 g/mol. The molecule has 1 aliphatic heterocycles. The van der Waals surface area contributed by atoms with Gasteiger partial charge in [0.2, 0.25) is 5.91 Å². The van der Waals surface area contributed by atoms with Crippen LogP contribution in [0.15, 0.2) is 72.8 Å². The summed E-state index contributed by atoms with van der Waals surface area (Å²) >= 11 is 0. The number of nitrogens with zero attached hydrogens (tertiary/aromatic N) is 1. The maximum absolute atomic E-state index is 13.6. The smallest absolute Gasteiger partial charge is 0.255 e. The first-order valence-corrected chi connectivity index (χ1v) is 12.5. The van der Waals surface area contributed by atoms with Gasteiger partial charge in [-0.3, -0.25) is 9.59 Å². The van der Waals surface area contributed by atoms with Gasteiger partial charge in [0.15, 0.2) is 0 Å². The highest BCUT2D eigenvalue weighted by Gasteiger charge is 2.40. The van der Waals surface area contributed by atoms with Crippen molar-refractivity contribution in [2.45, 2.75) is 32.2 Å². The van der Waals surface area contributed by atoms with Crippen molar-refractivity contribution < 1.29 is 14.3 Å². The van der Waals surface area contributed by atoms with Crippen LogP contribution in [0.3, 0.4) is 0 Å². The number of hydrogen-bond acceptors (Lipinski definition) is 3. The maximum atomic E-state index is 13.6. The fourth-order valence-corrected chi connectivity index (χ4v) is 5.08. The first-order chi connectivity index (χ1) is 17.6. The maximum Gasteiger partial charge on any atom is 0.255 e. The molecule has 4 aromatic rings. The van der Waals surface area contributed by atoms with Crippen molar-refractivity contribution >= 4 is 22.7 Å². The Hall–Kier alpha value is -4.06. The number of hydrogen-bond donors (Lipinski definition) is 2. The van der Waals surface area contributed by atoms with Gasteiger partial charge in [0, 0.05) is 47.1 Å². The summed E-state index contributed by atoms with van der Waals surface area (Å²) < 4.78 is 5.49. The molecule has 1 atom stereocenters. The van der Waals surface area contributed by atoms with Crippen molar-refractivity contribution in [1.82, 2.24) is 15.2 Å². The van der Waals surface area contributed by atoms with E-state index in [9.17, 15) is 9.59 Å². The first kappa shape index (κ1) is 23.7. The predicted molar refractivity (Wildman–Crippen MR) is 142 cm³/mol. The number of methoxy groups -OCH3 is 1. The molecule has 2 heterocycles. The number of para-hydroxylation sites is 1. The molecule has 0 spiro atoms. The molecule has 6 nitrogen and oxygen atoms in total. The summed E-state index contributed by atoms with van der Waals surface area (Å²) in [5.74, 6) is 0.692. The molecule has 6 heteroatoms. The predicted octanol–water partition coefficient (Wildman–Crippen LogP) is 5.70. The summed E-state index contributed by atoms with van der Waals surface area (Å²) in [5.41, 5.74) is 5.61. The molecule has 5 rings (SSSR count). The molecular weight excluding hydrogens is 450 g/mol. The quantitative estimate of drug-likeness (QED) is 0.301. The first-order valence-electron chi connectivity index (χ1n) is 12.5. The lowest BCUT2D eigenvalue weighted by Crippen LogP contribution is -2.34. The minimum atomic E-state index is -0.311. The van der Waals surface area contributed by atoms with Crippen molar-refractivity contribution in [2.75, 3.05) is 20.2 Å². The number of benzene rings is 3. The second-order valence-electron chi connectivity index (χ2n) is 9.13. The number of aromatic amines is 1. The molecule has 1 unspecified atom stereocenters. The Kier molecular flexibility index (Phi) is 6.76. The monoisotopic (exact) mass is 481 g/mol. The zero-order valence-corrected chi connectivity index (χ0v) is 20.7. The molecule has 36 heavy (non-hydrogen) atoms. The summed E-state index contributed by atoms with van der Waals surface area (Å²) in [5, 5.41) is 4.03. The average Bonchev–Trinajstić information content (AvgIpc) is 3.42. The van der Waals surface area contributed by atoms with E-state index in [4.69, 9.17) is 4.74 Å². The molecule has 0 bridgehead atoms. The Morgan fingerprint density at radius 2 is 1.86 bits per heavy atom. The van der Waals surface area contributed by atoms with Crippen molar-refractivity contribution in [3.8, 4) is 17.0 Å². The Bertz CT molecular complexity index is 1410. The topological polar surface area (TPSA) is 74.4 Å². The van der Waals surface area contributed by atoms with Gasteiger partial charge in [0.05, 0.1) is 18.8 Å². The standard InChI is InChI=1S/C30H31N3O3/c1-3-4-17-31-26(34)16-18-33-29(22-12-5-6-13-23(22)30(33)35)27-24-14-7-8-15-25(24)32-28(27)20-10-9-11-21(19-20)36-2/h5-15,19,29,32H,3-4,16-18H2,1-2H3,(H,31,34). The zero-order chi connectivity index (χ0) is 25.1. The van der Waals surface area contributed by atoms with E-state index in [1.165, 1.54) is 0 Å². The van der Waals surface area contributed by atoms with Crippen LogP contribution in [-0.2, 0) is 4.79 Å². The number of aromatic nitrogens is 1. The highest BCUT2D eigenvalue weighted by atomic mass is 16.5. The van der Waals surface area contributed by atoms with Gasteiger partial charge in [-0.2, -0.15) is 0 Å². The van der Waals surface area contributed by atoms with Crippen LogP contribution in [0.25, 0.3) is 22.2 Å². The van der Waals surface area contributed by atoms with Crippen LogP contribution >= 0.6 is 0 Å². The Morgan fingerprint density at radius 1 is 1.06 bits per heavy atom. The van der Waals surface area contributed by atoms with E-state index in [1.807, 2.05) is 65.6 Å². The van der Waals surface area contributed by atoms with Crippen molar-refractivity contribution in [1.29, 1.82) is 0 Å². The number of H-pyrrole nitrogens is 1. The number of rotatable bonds is 9. The number of carbonyl (C=O) groups excluding carboxylic acids is 2. The van der Waals surface area contributed by atoms with Crippen LogP contribution in [-0.4, -0.2) is 41.9 Å². The van der Waals surface area contributed by atoms with Gasteiger partial charge in [-0.15, -0.1) is 0 Å². The molecule has 0 aliphatic carbocycles. The second kappa shape index (κ2) is 10.3. The van der Waals surface area contributed by atoms with E-state index in [2.05, 4.69) is 29.4 Å². The van der Waals surface area contributed by atoms with E-state index in [0.29, 0.717) is 18.7 Å². The Balaban J connectivity index is 1.61. The third-order valence-corrected chi connectivity index (χ3v) is 6.87. The third kappa shape index (κ3) is 4.35. The summed E-state index contributed by atoms with van der Waals surface area (Å²) in [4.78, 5) is 31.6. The lowest BCUT2D eigenvalue weighted by Gasteiger charge is -2.26. The van der Waals surface area contributed by atoms with Gasteiger partial charge in [0.1, 0.15) is 5.75 Å². The molecule has 1 aromatic heterocycles. The molecular formula is C30H31N3O3. The second-order valence-corrected chi connectivity index (χ2v) is 9.13. The van der Waals surface area contributed by atoms with Gasteiger partial charge in [0.25, 0.3) is 5.91 Å². The van der Waals surface area contributed by atoms with E-state index >= 15 is 0 Å². The third-order valence-electron chi connectivity index (χ3n) is 6.87. The van der Waals surface area contributed by atoms with Crippen LogP contribution in [0.1, 0.15) is 53.7 Å². The Labute approximate surface area is 211 Å². The molecule has 0 radical (unpaired) electrons. The molecule has 3 aromatic carbocycles. The summed E-state index contributed by atoms with van der Waals surface area (Å²) in [7, 11) is 1.66. The molecule has 2 N–H and O–H groups in total. The van der Waals surface area contributed by atoms with E-state index < -0.39 is 0 Å². The molecule has 0 fully saturated rings. The molecule has 2 amide bonds. The number of unbranched alkanes of at least 4 members (excludes halogenated alkanes) is 1. The van der Waals surface area contributed by atoms with Crippen molar-refractivity contribution in [3.63, 3.8) is 0 Å². The number of carbonyl (C=O) groups is 2. The number of amides is 2. The Morgan fingerprint density at radius 3 is 2.69 bits per heavy atom. The lowest BCUT2D eigenvalue weighted by molar-refractivity contribution is -0.121. The normalized spacial score (nSPS) is 14.8. The van der Waals surface area contributed by atoms with Gasteiger partial charge in [-0.05, 0) is 36.2 Å². The van der Waals surface area contributed by atoms with E-state index in [0.717, 1.165) is 51.9 Å². The fourth-order valence-electron chi connectivity index (χ4n) is 5.08. The zero-order valence-electron chi connectivity index (χ0n) is 20.7. The minimum absolute atomic E-state index is 0.0297. The molecule has 184 valence electrons. The molecule has 0 saturated heterocycles. The highest BCUT2D eigenvalue weighted by Crippen LogP contribution is 2.45. The fraction of sp³-hybridized carbons (Fsp3) is 0.267. The van der Waals surface area contributed by atoms with Crippen LogP contribution in [0.2, 0.25) is 0 Å². The van der Waals surface area contributed by atoms with Crippen molar-refractivity contribution in [3.05, 3.63) is 89.5 Å². The van der Waals surface area contributed by atoms with Crippen LogP contribution < -0.4 is 10.1 Å². The lowest BCUT2D eigenvalue weighted by atomic mass is 9.93. The van der Waals surface area contributed by atoms with E-state index in [-0.39, 0.29) is 24.3 Å². The SMILES string of the molecule is CCCCNC(=O)CCN1C(=O)c2ccccc2C1c1c(-c2cccc(OC)c2)[nH]c2ccccc12. The minimum Gasteiger partial charge on any atom is -0.497 e. The van der Waals surface area contributed by atoms with Gasteiger partial charge >= 0.3 is 0 Å². The van der Waals surface area contributed by atoms with Gasteiger partial charge in [-0.25, -0.2) is 0 Å².